The Hall–Kier alpha value is -1.76. The van der Waals surface area contributed by atoms with Crippen LogP contribution in [0.3, 0.4) is 0 Å². The summed E-state index contributed by atoms with van der Waals surface area (Å²) >= 11 is 1.56. The monoisotopic (exact) mass is 412 g/mol. The summed E-state index contributed by atoms with van der Waals surface area (Å²) in [5.74, 6) is 0.594. The molecule has 0 N–H and O–H groups in total. The number of aromatic nitrogens is 1. The van der Waals surface area contributed by atoms with Crippen LogP contribution in [0.1, 0.15) is 48.7 Å². The molecular formula is C23H32N4OS. The highest BCUT2D eigenvalue weighted by molar-refractivity contribution is 7.13. The number of benzene rings is 1. The molecule has 0 radical (unpaired) electrons. The highest BCUT2D eigenvalue weighted by Crippen LogP contribution is 2.26. The number of nitrogens with zero attached hydrogens (tertiary/aromatic N) is 4. The number of likely N-dealkylation sites (tertiary alicyclic amines) is 1. The second-order valence-corrected chi connectivity index (χ2v) is 9.36. The molecule has 0 saturated carbocycles. The first-order valence-electron chi connectivity index (χ1n) is 10.9. The van der Waals surface area contributed by atoms with E-state index in [0.29, 0.717) is 11.6 Å². The molecule has 4 rings (SSSR count). The van der Waals surface area contributed by atoms with E-state index >= 15 is 0 Å². The van der Waals surface area contributed by atoms with Crippen molar-refractivity contribution in [3.8, 4) is 10.6 Å². The molecule has 5 nitrogen and oxygen atoms in total. The van der Waals surface area contributed by atoms with Gasteiger partial charge in [0.1, 0.15) is 10.7 Å². The minimum atomic E-state index is 0.0745. The Morgan fingerprint density at radius 1 is 0.966 bits per heavy atom. The molecule has 2 aliphatic heterocycles. The minimum absolute atomic E-state index is 0.0745. The van der Waals surface area contributed by atoms with Gasteiger partial charge >= 0.3 is 0 Å². The largest absolute Gasteiger partial charge is 0.335 e. The average molecular weight is 413 g/mol. The van der Waals surface area contributed by atoms with Crippen molar-refractivity contribution in [1.82, 2.24) is 19.7 Å². The second kappa shape index (κ2) is 9.37. The van der Waals surface area contributed by atoms with E-state index in [1.807, 2.05) is 10.3 Å². The maximum absolute atomic E-state index is 12.9. The summed E-state index contributed by atoms with van der Waals surface area (Å²) in [6, 6.07) is 8.54. The van der Waals surface area contributed by atoms with Gasteiger partial charge in [-0.3, -0.25) is 9.69 Å². The molecule has 2 saturated heterocycles. The van der Waals surface area contributed by atoms with Gasteiger partial charge in [0.2, 0.25) is 0 Å². The number of carbonyl (C=O) groups is 1. The van der Waals surface area contributed by atoms with Crippen LogP contribution in [0.2, 0.25) is 0 Å². The molecule has 1 aromatic heterocycles. The van der Waals surface area contributed by atoms with Gasteiger partial charge in [0.25, 0.3) is 5.91 Å². The van der Waals surface area contributed by atoms with E-state index in [-0.39, 0.29) is 5.91 Å². The first kappa shape index (κ1) is 20.5. The average Bonchev–Trinajstić information content (AvgIpc) is 3.44. The molecule has 156 valence electrons. The number of amides is 1. The molecule has 2 aromatic rings. The molecule has 0 bridgehead atoms. The standard InChI is InChI=1S/C23H32N4OS/c1-18(2)19-5-7-20(8-6-19)22-24-21(17-29-22)23(28)27-15-13-26(14-16-27)12-11-25-9-3-4-10-25/h5-8,17-18H,3-4,9-16H2,1-2H3. The number of piperazine rings is 1. The Bertz CT molecular complexity index is 803. The molecule has 1 amide bonds. The minimum Gasteiger partial charge on any atom is -0.335 e. The van der Waals surface area contributed by atoms with E-state index in [4.69, 9.17) is 0 Å². The highest BCUT2D eigenvalue weighted by Gasteiger charge is 2.24. The molecule has 2 aliphatic rings. The zero-order valence-corrected chi connectivity index (χ0v) is 18.5. The Morgan fingerprint density at radius 3 is 2.21 bits per heavy atom. The lowest BCUT2D eigenvalue weighted by Gasteiger charge is -2.35. The predicted octanol–water partition coefficient (Wildman–Crippen LogP) is 3.79. The van der Waals surface area contributed by atoms with Crippen LogP contribution in [0.25, 0.3) is 10.6 Å². The number of rotatable bonds is 6. The highest BCUT2D eigenvalue weighted by atomic mass is 32.1. The van der Waals surface area contributed by atoms with Gasteiger partial charge < -0.3 is 9.80 Å². The van der Waals surface area contributed by atoms with Gasteiger partial charge in [-0.15, -0.1) is 11.3 Å². The van der Waals surface area contributed by atoms with Crippen LogP contribution in [0.5, 0.6) is 0 Å². The molecule has 0 aliphatic carbocycles. The smallest absolute Gasteiger partial charge is 0.273 e. The van der Waals surface area contributed by atoms with Crippen LogP contribution in [0.4, 0.5) is 0 Å². The van der Waals surface area contributed by atoms with Crippen molar-refractivity contribution in [1.29, 1.82) is 0 Å². The summed E-state index contributed by atoms with van der Waals surface area (Å²) in [4.78, 5) is 24.6. The van der Waals surface area contributed by atoms with Crippen molar-refractivity contribution in [3.05, 3.63) is 40.9 Å². The summed E-state index contributed by atoms with van der Waals surface area (Å²) in [6.45, 7) is 12.7. The zero-order chi connectivity index (χ0) is 20.2. The van der Waals surface area contributed by atoms with Gasteiger partial charge in [0.05, 0.1) is 0 Å². The third kappa shape index (κ3) is 5.05. The number of hydrogen-bond acceptors (Lipinski definition) is 5. The summed E-state index contributed by atoms with van der Waals surface area (Å²) in [5, 5.41) is 2.83. The van der Waals surface area contributed by atoms with Crippen molar-refractivity contribution in [3.63, 3.8) is 0 Å². The topological polar surface area (TPSA) is 39.7 Å². The molecule has 29 heavy (non-hydrogen) atoms. The number of carbonyl (C=O) groups excluding carboxylic acids is 1. The molecule has 1 aromatic carbocycles. The van der Waals surface area contributed by atoms with Crippen molar-refractivity contribution >= 4 is 17.2 Å². The van der Waals surface area contributed by atoms with Crippen molar-refractivity contribution in [2.45, 2.75) is 32.6 Å². The van der Waals surface area contributed by atoms with Gasteiger partial charge in [-0.25, -0.2) is 4.98 Å². The third-order valence-electron chi connectivity index (χ3n) is 6.14. The molecule has 0 unspecified atom stereocenters. The van der Waals surface area contributed by atoms with Crippen LogP contribution in [0, 0.1) is 0 Å². The van der Waals surface area contributed by atoms with Gasteiger partial charge in [-0.2, -0.15) is 0 Å². The van der Waals surface area contributed by atoms with E-state index in [2.05, 4.69) is 52.9 Å². The van der Waals surface area contributed by atoms with Crippen LogP contribution in [-0.2, 0) is 0 Å². The Morgan fingerprint density at radius 2 is 1.59 bits per heavy atom. The fourth-order valence-corrected chi connectivity index (χ4v) is 4.94. The summed E-state index contributed by atoms with van der Waals surface area (Å²) < 4.78 is 0. The van der Waals surface area contributed by atoms with Crippen molar-refractivity contribution in [2.24, 2.45) is 0 Å². The first-order chi connectivity index (χ1) is 14.1. The second-order valence-electron chi connectivity index (χ2n) is 8.50. The third-order valence-corrected chi connectivity index (χ3v) is 7.03. The molecule has 0 atom stereocenters. The maximum Gasteiger partial charge on any atom is 0.273 e. The van der Waals surface area contributed by atoms with Gasteiger partial charge in [0.15, 0.2) is 0 Å². The lowest BCUT2D eigenvalue weighted by molar-refractivity contribution is 0.0622. The first-order valence-corrected chi connectivity index (χ1v) is 11.8. The van der Waals surface area contributed by atoms with Crippen LogP contribution < -0.4 is 0 Å². The molecular weight excluding hydrogens is 380 g/mol. The Labute approximate surface area is 178 Å². The summed E-state index contributed by atoms with van der Waals surface area (Å²) in [6.07, 6.45) is 2.69. The van der Waals surface area contributed by atoms with E-state index < -0.39 is 0 Å². The fraction of sp³-hybridized carbons (Fsp3) is 0.565. The van der Waals surface area contributed by atoms with Crippen molar-refractivity contribution < 1.29 is 4.79 Å². The zero-order valence-electron chi connectivity index (χ0n) is 17.6. The van der Waals surface area contributed by atoms with E-state index in [0.717, 1.165) is 43.3 Å². The molecule has 3 heterocycles. The maximum atomic E-state index is 12.9. The van der Waals surface area contributed by atoms with E-state index in [1.54, 1.807) is 11.3 Å². The normalized spacial score (nSPS) is 18.7. The van der Waals surface area contributed by atoms with Crippen LogP contribution in [0.15, 0.2) is 29.6 Å². The predicted molar refractivity (Wildman–Crippen MR) is 120 cm³/mol. The molecule has 0 spiro atoms. The fourth-order valence-electron chi connectivity index (χ4n) is 4.14. The van der Waals surface area contributed by atoms with Gasteiger partial charge in [-0.1, -0.05) is 38.1 Å². The Balaban J connectivity index is 1.30. The lowest BCUT2D eigenvalue weighted by Crippen LogP contribution is -2.50. The summed E-state index contributed by atoms with van der Waals surface area (Å²) in [5.41, 5.74) is 3.00. The van der Waals surface area contributed by atoms with Gasteiger partial charge in [-0.05, 0) is 37.4 Å². The van der Waals surface area contributed by atoms with E-state index in [9.17, 15) is 4.79 Å². The van der Waals surface area contributed by atoms with Gasteiger partial charge in [0, 0.05) is 50.2 Å². The molecule has 2 fully saturated rings. The lowest BCUT2D eigenvalue weighted by atomic mass is 10.0. The van der Waals surface area contributed by atoms with E-state index in [1.165, 1.54) is 38.0 Å². The number of thiazole rings is 1. The van der Waals surface area contributed by atoms with Crippen LogP contribution in [-0.4, -0.2) is 77.9 Å². The Kier molecular flexibility index (Phi) is 6.63. The van der Waals surface area contributed by atoms with Crippen molar-refractivity contribution in [2.75, 3.05) is 52.4 Å². The molecule has 6 heteroatoms. The summed E-state index contributed by atoms with van der Waals surface area (Å²) in [7, 11) is 0. The number of hydrogen-bond donors (Lipinski definition) is 0. The van der Waals surface area contributed by atoms with Crippen LogP contribution >= 0.6 is 11.3 Å². The SMILES string of the molecule is CC(C)c1ccc(-c2nc(C(=O)N3CCN(CCN4CCCC4)CC3)cs2)cc1. The quantitative estimate of drug-likeness (QED) is 0.724.